The van der Waals surface area contributed by atoms with Crippen molar-refractivity contribution in [1.82, 2.24) is 14.3 Å². The van der Waals surface area contributed by atoms with Crippen molar-refractivity contribution in [3.8, 4) is 11.5 Å². The summed E-state index contributed by atoms with van der Waals surface area (Å²) < 4.78 is 19.3. The van der Waals surface area contributed by atoms with Crippen LogP contribution in [0.5, 0.6) is 11.5 Å². The van der Waals surface area contributed by atoms with Gasteiger partial charge in [-0.25, -0.2) is 9.48 Å². The van der Waals surface area contributed by atoms with E-state index in [0.717, 1.165) is 16.9 Å². The lowest BCUT2D eigenvalue weighted by molar-refractivity contribution is 0.264. The summed E-state index contributed by atoms with van der Waals surface area (Å²) in [5.41, 5.74) is 0.986. The predicted molar refractivity (Wildman–Crippen MR) is 139 cm³/mol. The third kappa shape index (κ3) is 6.29. The highest BCUT2D eigenvalue weighted by atomic mass is 28.4. The predicted octanol–water partition coefficient (Wildman–Crippen LogP) is 4.04. The molecule has 8 nitrogen and oxygen atoms in total. The Morgan fingerprint density at radius 2 is 1.31 bits per heavy atom. The Morgan fingerprint density at radius 3 is 1.77 bits per heavy atom. The molecule has 1 aromatic heterocycles. The fourth-order valence-corrected chi connectivity index (χ4v) is 4.16. The summed E-state index contributed by atoms with van der Waals surface area (Å²) in [6.07, 6.45) is 0. The van der Waals surface area contributed by atoms with Gasteiger partial charge < -0.3 is 13.9 Å². The van der Waals surface area contributed by atoms with E-state index in [1.54, 1.807) is 26.4 Å². The van der Waals surface area contributed by atoms with Gasteiger partial charge in [0.25, 0.3) is 5.56 Å². The Balaban J connectivity index is 2.02. The maximum atomic E-state index is 13.4. The van der Waals surface area contributed by atoms with Gasteiger partial charge in [0.15, 0.2) is 14.0 Å². The molecule has 0 spiro atoms. The van der Waals surface area contributed by atoms with Gasteiger partial charge in [0.2, 0.25) is 0 Å². The Kier molecular flexibility index (Phi) is 8.02. The van der Waals surface area contributed by atoms with Crippen LogP contribution in [0.2, 0.25) is 18.1 Å². The molecule has 0 bridgehead atoms. The van der Waals surface area contributed by atoms with Crippen molar-refractivity contribution in [2.45, 2.75) is 58.6 Å². The van der Waals surface area contributed by atoms with E-state index < -0.39 is 19.6 Å². The molecule has 35 heavy (non-hydrogen) atoms. The van der Waals surface area contributed by atoms with E-state index in [1.807, 2.05) is 36.4 Å². The quantitative estimate of drug-likeness (QED) is 0.415. The van der Waals surface area contributed by atoms with Crippen molar-refractivity contribution >= 4 is 8.32 Å². The molecule has 0 saturated carbocycles. The maximum Gasteiger partial charge on any atom is 0.348 e. The van der Waals surface area contributed by atoms with Gasteiger partial charge in [0.05, 0.1) is 33.9 Å². The second-order valence-electron chi connectivity index (χ2n) is 10.0. The number of rotatable bonds is 9. The Morgan fingerprint density at radius 1 is 0.829 bits per heavy atom. The summed E-state index contributed by atoms with van der Waals surface area (Å²) in [5, 5.41) is 4.42. The fraction of sp³-hybridized carbons (Fsp3) is 0.423. The number of benzene rings is 2. The van der Waals surface area contributed by atoms with Gasteiger partial charge in [-0.15, -0.1) is 0 Å². The molecule has 0 amide bonds. The van der Waals surface area contributed by atoms with Crippen LogP contribution in [0.1, 0.15) is 37.6 Å². The van der Waals surface area contributed by atoms with Gasteiger partial charge in [-0.1, -0.05) is 45.0 Å². The zero-order valence-corrected chi connectivity index (χ0v) is 22.6. The van der Waals surface area contributed by atoms with Gasteiger partial charge in [-0.2, -0.15) is 5.10 Å². The van der Waals surface area contributed by atoms with E-state index in [-0.39, 0.29) is 30.4 Å². The topological polar surface area (TPSA) is 84.6 Å². The monoisotopic (exact) mass is 497 g/mol. The average molecular weight is 498 g/mol. The first-order chi connectivity index (χ1) is 16.4. The van der Waals surface area contributed by atoms with Crippen LogP contribution >= 0.6 is 0 Å². The van der Waals surface area contributed by atoms with E-state index >= 15 is 0 Å². The highest BCUT2D eigenvalue weighted by Crippen LogP contribution is 2.36. The van der Waals surface area contributed by atoms with E-state index in [2.05, 4.69) is 39.0 Å². The summed E-state index contributed by atoms with van der Waals surface area (Å²) in [4.78, 5) is 26.7. The molecule has 0 aliphatic rings. The molecule has 3 aromatic rings. The van der Waals surface area contributed by atoms with E-state index in [0.29, 0.717) is 5.75 Å². The number of nitrogens with zero attached hydrogens (tertiary/aromatic N) is 3. The minimum absolute atomic E-state index is 0.0212. The van der Waals surface area contributed by atoms with Gasteiger partial charge >= 0.3 is 5.69 Å². The van der Waals surface area contributed by atoms with Crippen LogP contribution in [0.4, 0.5) is 0 Å². The molecule has 0 saturated heterocycles. The highest BCUT2D eigenvalue weighted by molar-refractivity contribution is 6.74. The number of ether oxygens (including phenoxy) is 2. The van der Waals surface area contributed by atoms with Crippen LogP contribution in [-0.4, -0.2) is 36.9 Å². The van der Waals surface area contributed by atoms with E-state index in [9.17, 15) is 9.59 Å². The lowest BCUT2D eigenvalue weighted by Crippen LogP contribution is -2.46. The van der Waals surface area contributed by atoms with Crippen LogP contribution in [0.25, 0.3) is 0 Å². The lowest BCUT2D eigenvalue weighted by atomic mass is 10.2. The first-order valence-electron chi connectivity index (χ1n) is 11.6. The second kappa shape index (κ2) is 10.6. The molecule has 0 aliphatic carbocycles. The van der Waals surface area contributed by atoms with Crippen molar-refractivity contribution in [2.24, 2.45) is 0 Å². The van der Waals surface area contributed by atoms with Crippen LogP contribution in [0.15, 0.2) is 58.1 Å². The van der Waals surface area contributed by atoms with Crippen molar-refractivity contribution in [2.75, 3.05) is 14.2 Å². The van der Waals surface area contributed by atoms with E-state index in [4.69, 9.17) is 13.9 Å². The third-order valence-corrected chi connectivity index (χ3v) is 11.0. The minimum atomic E-state index is -2.13. The van der Waals surface area contributed by atoms with E-state index in [1.165, 1.54) is 9.25 Å². The van der Waals surface area contributed by atoms with Crippen molar-refractivity contribution < 1.29 is 13.9 Å². The zero-order chi connectivity index (χ0) is 25.8. The molecule has 0 N–H and O–H groups in total. The Hall–Kier alpha value is -3.17. The molecular weight excluding hydrogens is 462 g/mol. The van der Waals surface area contributed by atoms with Gasteiger partial charge in [-0.05, 0) is 53.5 Å². The molecule has 0 atom stereocenters. The molecule has 0 fully saturated rings. The normalized spacial score (nSPS) is 12.0. The molecule has 2 aromatic carbocycles. The lowest BCUT2D eigenvalue weighted by Gasteiger charge is -2.35. The number of hydrogen-bond acceptors (Lipinski definition) is 6. The summed E-state index contributed by atoms with van der Waals surface area (Å²) in [6, 6.07) is 14.7. The molecule has 1 heterocycles. The highest BCUT2D eigenvalue weighted by Gasteiger charge is 2.37. The summed E-state index contributed by atoms with van der Waals surface area (Å²) >= 11 is 0. The maximum absolute atomic E-state index is 13.4. The number of methoxy groups -OCH3 is 2. The largest absolute Gasteiger partial charge is 0.497 e. The fourth-order valence-electron chi connectivity index (χ4n) is 3.23. The molecule has 9 heteroatoms. The van der Waals surface area contributed by atoms with Crippen LogP contribution < -0.4 is 20.7 Å². The van der Waals surface area contributed by atoms with Crippen molar-refractivity contribution in [1.29, 1.82) is 0 Å². The van der Waals surface area contributed by atoms with Gasteiger partial charge in [-0.3, -0.25) is 9.36 Å². The number of hydrogen-bond donors (Lipinski definition) is 0. The minimum Gasteiger partial charge on any atom is -0.497 e. The van der Waals surface area contributed by atoms with Gasteiger partial charge in [0.1, 0.15) is 11.5 Å². The number of aromatic nitrogens is 3. The smallest absolute Gasteiger partial charge is 0.348 e. The van der Waals surface area contributed by atoms with Crippen LogP contribution in [-0.2, 0) is 24.1 Å². The Bertz CT molecular complexity index is 1260. The molecule has 0 radical (unpaired) electrons. The molecule has 188 valence electrons. The summed E-state index contributed by atoms with van der Waals surface area (Å²) in [5.74, 6) is 1.43. The molecule has 0 unspecified atom stereocenters. The van der Waals surface area contributed by atoms with Crippen molar-refractivity contribution in [3.05, 3.63) is 86.2 Å². The van der Waals surface area contributed by atoms with Crippen LogP contribution in [0.3, 0.4) is 0 Å². The first kappa shape index (κ1) is 26.4. The van der Waals surface area contributed by atoms with Crippen molar-refractivity contribution in [3.63, 3.8) is 0 Å². The SMILES string of the molecule is COc1ccc(Cn2nc(CO[Si](C)(C)C(C)(C)C)c(=O)n(Cc3ccc(OC)cc3)c2=O)cc1. The first-order valence-corrected chi connectivity index (χ1v) is 14.5. The van der Waals surface area contributed by atoms with Gasteiger partial charge in [0, 0.05) is 0 Å². The zero-order valence-electron chi connectivity index (χ0n) is 21.6. The standard InChI is InChI=1S/C26H35N3O5Si/c1-26(2,3)35(6,7)34-18-23-24(30)28(16-19-8-12-21(32-4)13-9-19)25(31)29(27-23)17-20-10-14-22(33-5)15-11-20/h8-15H,16-18H2,1-7H3. The summed E-state index contributed by atoms with van der Waals surface area (Å²) in [7, 11) is 1.06. The average Bonchev–Trinajstić information content (AvgIpc) is 2.83. The molecule has 3 rings (SSSR count). The molecule has 0 aliphatic heterocycles. The molecular formula is C26H35N3O5Si. The van der Waals surface area contributed by atoms with Crippen LogP contribution in [0, 0.1) is 0 Å². The third-order valence-electron chi connectivity index (χ3n) is 6.55. The second-order valence-corrected chi connectivity index (χ2v) is 14.8. The Labute approximate surface area is 207 Å². The summed E-state index contributed by atoms with van der Waals surface area (Å²) in [6.45, 7) is 11.1.